The normalized spacial score (nSPS) is 22.1. The summed E-state index contributed by atoms with van der Waals surface area (Å²) in [6.45, 7) is 2.85. The van der Waals surface area contributed by atoms with Gasteiger partial charge >= 0.3 is 0 Å². The first-order valence-corrected chi connectivity index (χ1v) is 7.72. The summed E-state index contributed by atoms with van der Waals surface area (Å²) < 4.78 is 5.27. The average Bonchev–Trinajstić information content (AvgIpc) is 2.56. The summed E-state index contributed by atoms with van der Waals surface area (Å²) >= 11 is 0. The fourth-order valence-electron chi connectivity index (χ4n) is 3.39. The maximum atomic E-state index is 5.27. The van der Waals surface area contributed by atoms with Crippen molar-refractivity contribution in [2.75, 3.05) is 20.2 Å². The summed E-state index contributed by atoms with van der Waals surface area (Å²) in [6, 6.07) is 19.8. The first kappa shape index (κ1) is 14.3. The fraction of sp³-hybridized carbons (Fsp3) is 0.368. The van der Waals surface area contributed by atoms with Crippen molar-refractivity contribution in [1.82, 2.24) is 5.32 Å². The third-order valence-electron chi connectivity index (χ3n) is 4.40. The lowest BCUT2D eigenvalue weighted by atomic mass is 9.77. The van der Waals surface area contributed by atoms with Crippen LogP contribution in [0.15, 0.2) is 54.6 Å². The van der Waals surface area contributed by atoms with E-state index in [0.29, 0.717) is 18.4 Å². The van der Waals surface area contributed by atoms with Gasteiger partial charge in [0.05, 0.1) is 6.61 Å². The maximum absolute atomic E-state index is 5.27. The molecule has 1 aliphatic heterocycles. The molecule has 0 saturated carbocycles. The number of methoxy groups -OCH3 is 1. The standard InChI is InChI=1S/C19H23NO/c1-21-14-15-6-5-9-17(12-15)18-10-11-20-13-19(18)16-7-3-2-4-8-16/h2-9,12,18-20H,10-11,13-14H2,1H3. The molecule has 0 spiro atoms. The van der Waals surface area contributed by atoms with Crippen molar-refractivity contribution in [2.24, 2.45) is 0 Å². The molecule has 1 N–H and O–H groups in total. The molecule has 2 aromatic carbocycles. The summed E-state index contributed by atoms with van der Waals surface area (Å²) in [5, 5.41) is 3.55. The van der Waals surface area contributed by atoms with E-state index in [1.54, 1.807) is 7.11 Å². The monoisotopic (exact) mass is 281 g/mol. The fourth-order valence-corrected chi connectivity index (χ4v) is 3.39. The molecule has 0 radical (unpaired) electrons. The van der Waals surface area contributed by atoms with Crippen molar-refractivity contribution in [2.45, 2.75) is 24.9 Å². The molecule has 2 aromatic rings. The zero-order valence-electron chi connectivity index (χ0n) is 12.6. The molecule has 1 heterocycles. The second-order valence-corrected chi connectivity index (χ2v) is 5.79. The zero-order chi connectivity index (χ0) is 14.5. The first-order chi connectivity index (χ1) is 10.4. The number of rotatable bonds is 4. The van der Waals surface area contributed by atoms with Gasteiger partial charge in [-0.3, -0.25) is 0 Å². The Morgan fingerprint density at radius 3 is 2.62 bits per heavy atom. The van der Waals surface area contributed by atoms with Gasteiger partial charge in [-0.2, -0.15) is 0 Å². The minimum Gasteiger partial charge on any atom is -0.380 e. The molecule has 0 amide bonds. The van der Waals surface area contributed by atoms with Crippen LogP contribution in [-0.4, -0.2) is 20.2 Å². The van der Waals surface area contributed by atoms with Crippen LogP contribution in [-0.2, 0) is 11.3 Å². The molecule has 110 valence electrons. The SMILES string of the molecule is COCc1cccc(C2CCNCC2c2ccccc2)c1. The van der Waals surface area contributed by atoms with Crippen molar-refractivity contribution >= 4 is 0 Å². The molecule has 21 heavy (non-hydrogen) atoms. The lowest BCUT2D eigenvalue weighted by molar-refractivity contribution is 0.185. The average molecular weight is 281 g/mol. The minimum atomic E-state index is 0.553. The van der Waals surface area contributed by atoms with Gasteiger partial charge in [-0.05, 0) is 35.6 Å². The van der Waals surface area contributed by atoms with Crippen LogP contribution in [0, 0.1) is 0 Å². The van der Waals surface area contributed by atoms with E-state index in [0.717, 1.165) is 13.1 Å². The molecule has 2 atom stereocenters. The van der Waals surface area contributed by atoms with Gasteiger partial charge in [0.25, 0.3) is 0 Å². The molecule has 0 aromatic heterocycles. The lowest BCUT2D eigenvalue weighted by Crippen LogP contribution is -2.34. The third kappa shape index (κ3) is 3.34. The van der Waals surface area contributed by atoms with Gasteiger partial charge < -0.3 is 10.1 Å². The third-order valence-corrected chi connectivity index (χ3v) is 4.40. The van der Waals surface area contributed by atoms with Crippen molar-refractivity contribution in [1.29, 1.82) is 0 Å². The Balaban J connectivity index is 1.89. The highest BCUT2D eigenvalue weighted by molar-refractivity contribution is 5.32. The molecule has 2 heteroatoms. The van der Waals surface area contributed by atoms with E-state index in [9.17, 15) is 0 Å². The van der Waals surface area contributed by atoms with Gasteiger partial charge in [0.1, 0.15) is 0 Å². The smallest absolute Gasteiger partial charge is 0.0713 e. The number of benzene rings is 2. The topological polar surface area (TPSA) is 21.3 Å². The predicted octanol–water partition coefficient (Wildman–Crippen LogP) is 3.69. The molecule has 1 saturated heterocycles. The Hall–Kier alpha value is -1.64. The van der Waals surface area contributed by atoms with E-state index in [2.05, 4.69) is 59.9 Å². The quantitative estimate of drug-likeness (QED) is 0.922. The molecule has 1 fully saturated rings. The molecule has 3 rings (SSSR count). The zero-order valence-corrected chi connectivity index (χ0v) is 12.6. The Kier molecular flexibility index (Phi) is 4.69. The Labute approximate surface area is 127 Å². The van der Waals surface area contributed by atoms with Crippen molar-refractivity contribution in [3.05, 3.63) is 71.3 Å². The summed E-state index contributed by atoms with van der Waals surface area (Å²) in [5.74, 6) is 1.14. The van der Waals surface area contributed by atoms with E-state index >= 15 is 0 Å². The summed E-state index contributed by atoms with van der Waals surface area (Å²) in [6.07, 6.45) is 1.19. The van der Waals surface area contributed by atoms with E-state index < -0.39 is 0 Å². The number of ether oxygens (including phenoxy) is 1. The largest absolute Gasteiger partial charge is 0.380 e. The summed E-state index contributed by atoms with van der Waals surface area (Å²) in [5.41, 5.74) is 4.15. The van der Waals surface area contributed by atoms with Crippen LogP contribution >= 0.6 is 0 Å². The van der Waals surface area contributed by atoms with Crippen LogP contribution in [0.4, 0.5) is 0 Å². The van der Waals surface area contributed by atoms with Gasteiger partial charge in [0.2, 0.25) is 0 Å². The molecule has 2 nitrogen and oxygen atoms in total. The number of hydrogen-bond acceptors (Lipinski definition) is 2. The highest BCUT2D eigenvalue weighted by Crippen LogP contribution is 2.37. The number of nitrogens with one attached hydrogen (secondary N) is 1. The molecular formula is C19H23NO. The first-order valence-electron chi connectivity index (χ1n) is 7.72. The van der Waals surface area contributed by atoms with Crippen molar-refractivity contribution < 1.29 is 4.74 Å². The maximum Gasteiger partial charge on any atom is 0.0713 e. The van der Waals surface area contributed by atoms with Gasteiger partial charge in [-0.25, -0.2) is 0 Å². The summed E-state index contributed by atoms with van der Waals surface area (Å²) in [7, 11) is 1.75. The highest BCUT2D eigenvalue weighted by Gasteiger charge is 2.27. The van der Waals surface area contributed by atoms with Crippen LogP contribution < -0.4 is 5.32 Å². The van der Waals surface area contributed by atoms with Crippen molar-refractivity contribution in [3.8, 4) is 0 Å². The van der Waals surface area contributed by atoms with Crippen LogP contribution in [0.2, 0.25) is 0 Å². The van der Waals surface area contributed by atoms with E-state index in [4.69, 9.17) is 4.74 Å². The number of hydrogen-bond donors (Lipinski definition) is 1. The predicted molar refractivity (Wildman–Crippen MR) is 86.6 cm³/mol. The van der Waals surface area contributed by atoms with Gasteiger partial charge in [-0.1, -0.05) is 54.6 Å². The van der Waals surface area contributed by atoms with E-state index in [1.807, 2.05) is 0 Å². The number of piperidine rings is 1. The van der Waals surface area contributed by atoms with Gasteiger partial charge in [0.15, 0.2) is 0 Å². The molecule has 0 bridgehead atoms. The van der Waals surface area contributed by atoms with Crippen LogP contribution in [0.5, 0.6) is 0 Å². The van der Waals surface area contributed by atoms with Crippen LogP contribution in [0.1, 0.15) is 34.9 Å². The minimum absolute atomic E-state index is 0.553. The van der Waals surface area contributed by atoms with Crippen molar-refractivity contribution in [3.63, 3.8) is 0 Å². The Bertz CT molecular complexity index is 567. The highest BCUT2D eigenvalue weighted by atomic mass is 16.5. The van der Waals surface area contributed by atoms with E-state index in [1.165, 1.54) is 23.1 Å². The Morgan fingerprint density at radius 2 is 1.81 bits per heavy atom. The molecular weight excluding hydrogens is 258 g/mol. The summed E-state index contributed by atoms with van der Waals surface area (Å²) in [4.78, 5) is 0. The molecule has 0 aliphatic carbocycles. The second kappa shape index (κ2) is 6.88. The van der Waals surface area contributed by atoms with Gasteiger partial charge in [0, 0.05) is 19.6 Å². The van der Waals surface area contributed by atoms with E-state index in [-0.39, 0.29) is 0 Å². The molecule has 2 unspecified atom stereocenters. The lowest BCUT2D eigenvalue weighted by Gasteiger charge is -2.33. The van der Waals surface area contributed by atoms with Crippen LogP contribution in [0.25, 0.3) is 0 Å². The Morgan fingerprint density at radius 1 is 1.00 bits per heavy atom. The molecule has 1 aliphatic rings. The second-order valence-electron chi connectivity index (χ2n) is 5.79. The van der Waals surface area contributed by atoms with Crippen LogP contribution in [0.3, 0.4) is 0 Å². The van der Waals surface area contributed by atoms with Gasteiger partial charge in [-0.15, -0.1) is 0 Å².